The number of amides is 1. The van der Waals surface area contributed by atoms with Gasteiger partial charge in [-0.05, 0) is 47.5 Å². The van der Waals surface area contributed by atoms with Crippen LogP contribution in [0.3, 0.4) is 0 Å². The number of benzene rings is 3. The van der Waals surface area contributed by atoms with Crippen LogP contribution in [0.4, 0.5) is 4.39 Å². The van der Waals surface area contributed by atoms with Gasteiger partial charge in [0, 0.05) is 23.6 Å². The molecule has 0 spiro atoms. The predicted molar refractivity (Wildman–Crippen MR) is 116 cm³/mol. The fraction of sp³-hybridized carbons (Fsp3) is 0.167. The highest BCUT2D eigenvalue weighted by Gasteiger charge is 2.11. The fourth-order valence-electron chi connectivity index (χ4n) is 3.35. The Morgan fingerprint density at radius 2 is 1.68 bits per heavy atom. The van der Waals surface area contributed by atoms with Crippen molar-refractivity contribution in [3.63, 3.8) is 0 Å². The first-order valence-corrected chi connectivity index (χ1v) is 9.76. The molecule has 1 N–H and O–H groups in total. The number of hydrogen-bond donors (Lipinski definition) is 1. The molecule has 158 valence electrons. The van der Waals surface area contributed by atoms with Gasteiger partial charge in [0.25, 0.3) is 5.91 Å². The van der Waals surface area contributed by atoms with Crippen LogP contribution < -0.4 is 14.8 Å². The molecular weight excluding hydrogens is 397 g/mol. The first-order chi connectivity index (χ1) is 15.1. The highest BCUT2D eigenvalue weighted by atomic mass is 19.1. The lowest BCUT2D eigenvalue weighted by Crippen LogP contribution is -2.22. The van der Waals surface area contributed by atoms with E-state index in [0.29, 0.717) is 30.2 Å². The van der Waals surface area contributed by atoms with Gasteiger partial charge >= 0.3 is 0 Å². The molecule has 0 atom stereocenters. The van der Waals surface area contributed by atoms with Gasteiger partial charge in [0.1, 0.15) is 17.3 Å². The Morgan fingerprint density at radius 1 is 0.968 bits per heavy atom. The summed E-state index contributed by atoms with van der Waals surface area (Å²) in [6, 6.07) is 17.2. The lowest BCUT2D eigenvalue weighted by molar-refractivity contribution is 0.0951. The lowest BCUT2D eigenvalue weighted by atomic mass is 10.1. The van der Waals surface area contributed by atoms with E-state index in [1.165, 1.54) is 12.1 Å². The summed E-state index contributed by atoms with van der Waals surface area (Å²) < 4.78 is 25.5. The average molecular weight is 419 g/mol. The second kappa shape index (κ2) is 8.87. The van der Waals surface area contributed by atoms with Crippen LogP contribution in [0.25, 0.3) is 10.9 Å². The summed E-state index contributed by atoms with van der Waals surface area (Å²) >= 11 is 0. The summed E-state index contributed by atoms with van der Waals surface area (Å²) in [7, 11) is 3.17. The Morgan fingerprint density at radius 3 is 2.35 bits per heavy atom. The van der Waals surface area contributed by atoms with Crippen molar-refractivity contribution in [2.45, 2.75) is 13.1 Å². The lowest BCUT2D eigenvalue weighted by Gasteiger charge is -2.10. The maximum atomic E-state index is 13.2. The Balaban J connectivity index is 1.51. The molecule has 1 amide bonds. The van der Waals surface area contributed by atoms with Crippen LogP contribution in [0.15, 0.2) is 66.9 Å². The first kappa shape index (κ1) is 20.4. The van der Waals surface area contributed by atoms with Gasteiger partial charge in [0.15, 0.2) is 0 Å². The smallest absolute Gasteiger partial charge is 0.251 e. The van der Waals surface area contributed by atoms with Crippen molar-refractivity contribution in [1.82, 2.24) is 15.1 Å². The third kappa shape index (κ3) is 4.66. The number of methoxy groups -OCH3 is 2. The molecule has 0 aliphatic carbocycles. The molecule has 0 unspecified atom stereocenters. The Kier molecular flexibility index (Phi) is 5.84. The second-order valence-electron chi connectivity index (χ2n) is 7.11. The number of rotatable bonds is 7. The maximum absolute atomic E-state index is 13.2. The van der Waals surface area contributed by atoms with Gasteiger partial charge in [-0.25, -0.2) is 4.39 Å². The molecular formula is C24H22FN3O3. The van der Waals surface area contributed by atoms with Crippen molar-refractivity contribution in [1.29, 1.82) is 0 Å². The number of nitrogens with one attached hydrogen (secondary N) is 1. The van der Waals surface area contributed by atoms with E-state index in [0.717, 1.165) is 22.0 Å². The Hall–Kier alpha value is -3.87. The van der Waals surface area contributed by atoms with Crippen LogP contribution in [0.5, 0.6) is 11.5 Å². The fourth-order valence-corrected chi connectivity index (χ4v) is 3.35. The summed E-state index contributed by atoms with van der Waals surface area (Å²) in [5, 5.41) is 8.26. The largest absolute Gasteiger partial charge is 0.497 e. The molecule has 1 heterocycles. The molecule has 6 nitrogen and oxygen atoms in total. The van der Waals surface area contributed by atoms with E-state index in [9.17, 15) is 9.18 Å². The summed E-state index contributed by atoms with van der Waals surface area (Å²) in [5.74, 6) is 0.851. The monoisotopic (exact) mass is 419 g/mol. The van der Waals surface area contributed by atoms with Crippen molar-refractivity contribution in [2.24, 2.45) is 0 Å². The zero-order valence-corrected chi connectivity index (χ0v) is 17.3. The number of nitrogens with zero attached hydrogens (tertiary/aromatic N) is 2. The van der Waals surface area contributed by atoms with E-state index in [1.54, 1.807) is 49.4 Å². The molecule has 0 fully saturated rings. The van der Waals surface area contributed by atoms with Crippen LogP contribution in [-0.4, -0.2) is 29.9 Å². The number of halogens is 1. The highest BCUT2D eigenvalue weighted by Crippen LogP contribution is 2.23. The number of carbonyl (C=O) groups is 1. The number of fused-ring (bicyclic) bond motifs is 1. The topological polar surface area (TPSA) is 65.4 Å². The molecule has 0 aliphatic rings. The van der Waals surface area contributed by atoms with Gasteiger partial charge in [-0.1, -0.05) is 18.2 Å². The van der Waals surface area contributed by atoms with E-state index < -0.39 is 0 Å². The number of ether oxygens (including phenoxy) is 2. The minimum atomic E-state index is -0.276. The molecule has 4 aromatic rings. The van der Waals surface area contributed by atoms with Crippen molar-refractivity contribution in [3.8, 4) is 11.5 Å². The summed E-state index contributed by atoms with van der Waals surface area (Å²) in [6.45, 7) is 0.817. The average Bonchev–Trinajstić information content (AvgIpc) is 3.20. The standard InChI is InChI=1S/C24H22FN3O3/c1-30-21-9-17(10-22(12-21)31-2)13-26-24(29)18-5-6-19-14-27-28(23(19)11-18)15-16-3-7-20(25)8-4-16/h3-12,14H,13,15H2,1-2H3,(H,26,29). The summed E-state index contributed by atoms with van der Waals surface area (Å²) in [6.07, 6.45) is 1.75. The first-order valence-electron chi connectivity index (χ1n) is 9.76. The maximum Gasteiger partial charge on any atom is 0.251 e. The molecule has 3 aromatic carbocycles. The van der Waals surface area contributed by atoms with Crippen LogP contribution in [0.1, 0.15) is 21.5 Å². The van der Waals surface area contributed by atoms with Crippen molar-refractivity contribution in [2.75, 3.05) is 14.2 Å². The SMILES string of the molecule is COc1cc(CNC(=O)c2ccc3cnn(Cc4ccc(F)cc4)c3c2)cc(OC)c1. The van der Waals surface area contributed by atoms with Crippen molar-refractivity contribution >= 4 is 16.8 Å². The normalized spacial score (nSPS) is 10.8. The molecule has 0 radical (unpaired) electrons. The zero-order valence-electron chi connectivity index (χ0n) is 17.3. The molecule has 0 saturated heterocycles. The number of carbonyl (C=O) groups excluding carboxylic acids is 1. The van der Waals surface area contributed by atoms with Crippen LogP contribution in [0, 0.1) is 5.82 Å². The van der Waals surface area contributed by atoms with Gasteiger partial charge in [-0.15, -0.1) is 0 Å². The van der Waals surface area contributed by atoms with Crippen LogP contribution in [-0.2, 0) is 13.1 Å². The molecule has 7 heteroatoms. The van der Waals surface area contributed by atoms with E-state index in [4.69, 9.17) is 9.47 Å². The molecule has 0 aliphatic heterocycles. The minimum absolute atomic E-state index is 0.196. The Labute approximate surface area is 179 Å². The molecule has 1 aromatic heterocycles. The van der Waals surface area contributed by atoms with Gasteiger partial charge in [0.05, 0.1) is 32.5 Å². The van der Waals surface area contributed by atoms with Gasteiger partial charge in [-0.2, -0.15) is 5.10 Å². The van der Waals surface area contributed by atoms with Gasteiger partial charge in [0.2, 0.25) is 0 Å². The van der Waals surface area contributed by atoms with Crippen molar-refractivity contribution < 1.29 is 18.7 Å². The quantitative estimate of drug-likeness (QED) is 0.488. The second-order valence-corrected chi connectivity index (χ2v) is 7.11. The third-order valence-electron chi connectivity index (χ3n) is 5.02. The molecule has 0 saturated carbocycles. The summed E-state index contributed by atoms with van der Waals surface area (Å²) in [4.78, 5) is 12.8. The molecule has 31 heavy (non-hydrogen) atoms. The summed E-state index contributed by atoms with van der Waals surface area (Å²) in [5.41, 5.74) is 3.16. The Bertz CT molecular complexity index is 1200. The zero-order chi connectivity index (χ0) is 21.8. The molecule has 0 bridgehead atoms. The van der Waals surface area contributed by atoms with Crippen LogP contribution in [0.2, 0.25) is 0 Å². The van der Waals surface area contributed by atoms with Crippen LogP contribution >= 0.6 is 0 Å². The number of hydrogen-bond acceptors (Lipinski definition) is 4. The highest BCUT2D eigenvalue weighted by molar-refractivity contribution is 5.97. The van der Waals surface area contributed by atoms with Crippen molar-refractivity contribution in [3.05, 3.63) is 89.4 Å². The van der Waals surface area contributed by atoms with E-state index >= 15 is 0 Å². The van der Waals surface area contributed by atoms with E-state index in [-0.39, 0.29) is 11.7 Å². The van der Waals surface area contributed by atoms with E-state index in [2.05, 4.69) is 10.4 Å². The molecule has 4 rings (SSSR count). The minimum Gasteiger partial charge on any atom is -0.497 e. The van der Waals surface area contributed by atoms with Gasteiger partial charge in [-0.3, -0.25) is 9.48 Å². The van der Waals surface area contributed by atoms with E-state index in [1.807, 2.05) is 24.3 Å². The third-order valence-corrected chi connectivity index (χ3v) is 5.02. The van der Waals surface area contributed by atoms with Gasteiger partial charge < -0.3 is 14.8 Å². The number of aromatic nitrogens is 2. The predicted octanol–water partition coefficient (Wildman–Crippen LogP) is 4.17.